The van der Waals surface area contributed by atoms with Gasteiger partial charge < -0.3 is 15.2 Å². The normalized spacial score (nSPS) is 17.9. The van der Waals surface area contributed by atoms with E-state index in [1.165, 1.54) is 11.9 Å². The van der Waals surface area contributed by atoms with Crippen LogP contribution in [0.1, 0.15) is 12.0 Å². The van der Waals surface area contributed by atoms with Crippen LogP contribution in [-0.4, -0.2) is 38.4 Å². The number of nitrogens with zero attached hydrogens (tertiary/aromatic N) is 4. The third-order valence-corrected chi connectivity index (χ3v) is 4.09. The summed E-state index contributed by atoms with van der Waals surface area (Å²) in [5, 5.41) is 3.22. The van der Waals surface area contributed by atoms with Gasteiger partial charge in [-0.25, -0.2) is 15.0 Å². The van der Waals surface area contributed by atoms with E-state index in [1.54, 1.807) is 6.33 Å². The second-order valence-corrected chi connectivity index (χ2v) is 5.63. The van der Waals surface area contributed by atoms with Gasteiger partial charge in [-0.05, 0) is 25.5 Å². The average molecular weight is 308 g/mol. The monoisotopic (exact) mass is 308 g/mol. The van der Waals surface area contributed by atoms with Crippen LogP contribution < -0.4 is 10.2 Å². The van der Waals surface area contributed by atoms with Crippen LogP contribution in [-0.2, 0) is 4.79 Å². The summed E-state index contributed by atoms with van der Waals surface area (Å²) < 4.78 is 0. The van der Waals surface area contributed by atoms with E-state index < -0.39 is 0 Å². The lowest BCUT2D eigenvalue weighted by atomic mass is 10.2. The van der Waals surface area contributed by atoms with E-state index in [4.69, 9.17) is 0 Å². The third kappa shape index (κ3) is 2.40. The highest BCUT2D eigenvalue weighted by molar-refractivity contribution is 6.01. The molecular weight excluding hydrogens is 292 g/mol. The fourth-order valence-electron chi connectivity index (χ4n) is 2.83. The van der Waals surface area contributed by atoms with Crippen LogP contribution in [0.3, 0.4) is 0 Å². The molecule has 1 fully saturated rings. The van der Waals surface area contributed by atoms with Crippen LogP contribution in [0, 0.1) is 6.92 Å². The molecule has 1 atom stereocenters. The van der Waals surface area contributed by atoms with E-state index >= 15 is 0 Å². The lowest BCUT2D eigenvalue weighted by Gasteiger charge is -2.17. The van der Waals surface area contributed by atoms with Gasteiger partial charge in [-0.3, -0.25) is 4.79 Å². The molecule has 2 N–H and O–H groups in total. The van der Waals surface area contributed by atoms with Crippen molar-refractivity contribution in [3.05, 3.63) is 42.5 Å². The van der Waals surface area contributed by atoms with Crippen LogP contribution in [0.25, 0.3) is 11.2 Å². The lowest BCUT2D eigenvalue weighted by molar-refractivity contribution is -0.117. The van der Waals surface area contributed by atoms with Crippen LogP contribution in [0.2, 0.25) is 0 Å². The van der Waals surface area contributed by atoms with Gasteiger partial charge in [0, 0.05) is 12.2 Å². The number of carbonyl (C=O) groups is 1. The Kier molecular flexibility index (Phi) is 3.18. The van der Waals surface area contributed by atoms with Crippen LogP contribution >= 0.6 is 0 Å². The molecule has 2 aromatic heterocycles. The highest BCUT2D eigenvalue weighted by atomic mass is 16.2. The molecule has 23 heavy (non-hydrogen) atoms. The minimum atomic E-state index is -0.294. The molecule has 7 nitrogen and oxygen atoms in total. The summed E-state index contributed by atoms with van der Waals surface area (Å²) in [6, 6.07) is 7.70. The van der Waals surface area contributed by atoms with Gasteiger partial charge in [-0.15, -0.1) is 0 Å². The van der Waals surface area contributed by atoms with Gasteiger partial charge >= 0.3 is 0 Å². The lowest BCUT2D eigenvalue weighted by Crippen LogP contribution is -2.33. The molecule has 1 amide bonds. The maximum absolute atomic E-state index is 12.7. The SMILES string of the molecule is Cc1ccc(N2CCC(Nc3ncnc4nc[nH]c34)C2=O)cc1. The summed E-state index contributed by atoms with van der Waals surface area (Å²) >= 11 is 0. The van der Waals surface area contributed by atoms with Gasteiger partial charge in [0.15, 0.2) is 11.5 Å². The van der Waals surface area contributed by atoms with Crippen molar-refractivity contribution in [1.82, 2.24) is 19.9 Å². The van der Waals surface area contributed by atoms with Crippen LogP contribution in [0.15, 0.2) is 36.9 Å². The predicted octanol–water partition coefficient (Wildman–Crippen LogP) is 1.88. The number of aromatic nitrogens is 4. The molecule has 1 aliphatic rings. The van der Waals surface area contributed by atoms with E-state index in [9.17, 15) is 4.79 Å². The smallest absolute Gasteiger partial charge is 0.249 e. The Hall–Kier alpha value is -2.96. The maximum Gasteiger partial charge on any atom is 0.249 e. The van der Waals surface area contributed by atoms with Crippen molar-refractivity contribution < 1.29 is 4.79 Å². The molecular formula is C16H16N6O. The van der Waals surface area contributed by atoms with Gasteiger partial charge in [-0.1, -0.05) is 17.7 Å². The molecule has 1 saturated heterocycles. The highest BCUT2D eigenvalue weighted by Gasteiger charge is 2.33. The van der Waals surface area contributed by atoms with E-state index in [0.717, 1.165) is 12.1 Å². The quantitative estimate of drug-likeness (QED) is 0.771. The van der Waals surface area contributed by atoms with E-state index in [1.807, 2.05) is 36.1 Å². The van der Waals surface area contributed by atoms with Gasteiger partial charge in [0.25, 0.3) is 0 Å². The van der Waals surface area contributed by atoms with Crippen molar-refractivity contribution >= 4 is 28.6 Å². The average Bonchev–Trinajstić information content (AvgIpc) is 3.17. The first-order valence-corrected chi connectivity index (χ1v) is 7.51. The fraction of sp³-hybridized carbons (Fsp3) is 0.250. The molecule has 1 aromatic carbocycles. The summed E-state index contributed by atoms with van der Waals surface area (Å²) in [4.78, 5) is 29.9. The van der Waals surface area contributed by atoms with Crippen molar-refractivity contribution in [3.63, 3.8) is 0 Å². The zero-order chi connectivity index (χ0) is 15.8. The summed E-state index contributed by atoms with van der Waals surface area (Å²) in [5.41, 5.74) is 3.41. The molecule has 3 heterocycles. The topological polar surface area (TPSA) is 86.8 Å². The Morgan fingerprint density at radius 2 is 2.04 bits per heavy atom. The Morgan fingerprint density at radius 1 is 1.22 bits per heavy atom. The van der Waals surface area contributed by atoms with Crippen molar-refractivity contribution in [3.8, 4) is 0 Å². The number of imidazole rings is 1. The molecule has 0 radical (unpaired) electrons. The first-order valence-electron chi connectivity index (χ1n) is 7.51. The van der Waals surface area contributed by atoms with Gasteiger partial charge in [0.1, 0.15) is 17.9 Å². The van der Waals surface area contributed by atoms with Crippen molar-refractivity contribution in [2.24, 2.45) is 0 Å². The van der Waals surface area contributed by atoms with Gasteiger partial charge in [0.05, 0.1) is 6.33 Å². The number of anilines is 2. The van der Waals surface area contributed by atoms with Gasteiger partial charge in [-0.2, -0.15) is 0 Å². The van der Waals surface area contributed by atoms with E-state index in [2.05, 4.69) is 25.3 Å². The molecule has 116 valence electrons. The van der Waals surface area contributed by atoms with E-state index in [0.29, 0.717) is 23.5 Å². The molecule has 0 bridgehead atoms. The minimum Gasteiger partial charge on any atom is -0.356 e. The van der Waals surface area contributed by atoms with Crippen molar-refractivity contribution in [2.45, 2.75) is 19.4 Å². The van der Waals surface area contributed by atoms with Crippen molar-refractivity contribution in [1.29, 1.82) is 0 Å². The molecule has 0 saturated carbocycles. The Bertz CT molecular complexity index is 856. The standard InChI is InChI=1S/C16H16N6O/c1-10-2-4-11(5-3-10)22-7-6-12(16(22)23)21-15-13-14(18-8-17-13)19-9-20-15/h2-5,8-9,12H,6-7H2,1H3,(H2,17,18,19,20,21). The Labute approximate surface area is 132 Å². The fourth-order valence-corrected chi connectivity index (χ4v) is 2.83. The summed E-state index contributed by atoms with van der Waals surface area (Å²) in [5.74, 6) is 0.664. The molecule has 1 aliphatic heterocycles. The number of benzene rings is 1. The number of H-pyrrole nitrogens is 1. The first kappa shape index (κ1) is 13.7. The number of rotatable bonds is 3. The number of aryl methyl sites for hydroxylation is 1. The molecule has 0 aliphatic carbocycles. The second-order valence-electron chi connectivity index (χ2n) is 5.63. The number of hydrogen-bond acceptors (Lipinski definition) is 5. The molecule has 0 spiro atoms. The molecule has 7 heteroatoms. The molecule has 1 unspecified atom stereocenters. The number of aromatic amines is 1. The second kappa shape index (κ2) is 5.35. The summed E-state index contributed by atoms with van der Waals surface area (Å²) in [7, 11) is 0. The van der Waals surface area contributed by atoms with Crippen molar-refractivity contribution in [2.75, 3.05) is 16.8 Å². The first-order chi connectivity index (χ1) is 11.2. The molecule has 3 aromatic rings. The maximum atomic E-state index is 12.7. The molecule has 4 rings (SSSR count). The number of hydrogen-bond donors (Lipinski definition) is 2. The number of carbonyl (C=O) groups excluding carboxylic acids is 1. The Balaban J connectivity index is 1.56. The largest absolute Gasteiger partial charge is 0.356 e. The summed E-state index contributed by atoms with van der Waals surface area (Å²) in [6.45, 7) is 2.72. The predicted molar refractivity (Wildman–Crippen MR) is 87.2 cm³/mol. The number of nitrogens with one attached hydrogen (secondary N) is 2. The highest BCUT2D eigenvalue weighted by Crippen LogP contribution is 2.25. The van der Waals surface area contributed by atoms with E-state index in [-0.39, 0.29) is 11.9 Å². The Morgan fingerprint density at radius 3 is 2.87 bits per heavy atom. The van der Waals surface area contributed by atoms with Gasteiger partial charge in [0.2, 0.25) is 5.91 Å². The van der Waals surface area contributed by atoms with Crippen LogP contribution in [0.4, 0.5) is 11.5 Å². The van der Waals surface area contributed by atoms with Crippen LogP contribution in [0.5, 0.6) is 0 Å². The minimum absolute atomic E-state index is 0.0557. The summed E-state index contributed by atoms with van der Waals surface area (Å²) in [6.07, 6.45) is 3.74. The number of amides is 1. The third-order valence-electron chi connectivity index (χ3n) is 4.09. The zero-order valence-corrected chi connectivity index (χ0v) is 12.7. The zero-order valence-electron chi connectivity index (χ0n) is 12.7. The number of fused-ring (bicyclic) bond motifs is 1.